The fourth-order valence-electron chi connectivity index (χ4n) is 6.15. The van der Waals surface area contributed by atoms with Gasteiger partial charge in [0.1, 0.15) is 11.4 Å². The van der Waals surface area contributed by atoms with Gasteiger partial charge in [0, 0.05) is 11.8 Å². The number of anilines is 1. The van der Waals surface area contributed by atoms with Gasteiger partial charge >= 0.3 is 6.18 Å². The van der Waals surface area contributed by atoms with Crippen LogP contribution in [0.1, 0.15) is 32.6 Å². The van der Waals surface area contributed by atoms with Crippen molar-refractivity contribution in [2.45, 2.75) is 21.5 Å². The molecule has 0 saturated heterocycles. The highest BCUT2D eigenvalue weighted by Crippen LogP contribution is 2.43. The summed E-state index contributed by atoms with van der Waals surface area (Å²) in [6.07, 6.45) is -3.57. The number of carbonyl (C=O) groups excluding carboxylic acids is 1. The second kappa shape index (κ2) is 13.0. The van der Waals surface area contributed by atoms with Crippen LogP contribution in [-0.2, 0) is 21.6 Å². The summed E-state index contributed by atoms with van der Waals surface area (Å²) >= 11 is 0. The van der Waals surface area contributed by atoms with Crippen LogP contribution in [0.5, 0.6) is 0 Å². The molecule has 1 N–H and O–H groups in total. The molecule has 0 atom stereocenters. The molecule has 0 saturated carbocycles. The number of benzene rings is 5. The highest BCUT2D eigenvalue weighted by Gasteiger charge is 2.42. The quantitative estimate of drug-likeness (QED) is 0.126. The molecule has 1 amide bonds. The monoisotopic (exact) mass is 706 g/mol. The van der Waals surface area contributed by atoms with E-state index in [0.29, 0.717) is 0 Å². The van der Waals surface area contributed by atoms with Gasteiger partial charge in [0.15, 0.2) is 11.5 Å². The maximum Gasteiger partial charge on any atom is 0.416 e. The molecule has 0 fully saturated rings. The maximum atomic E-state index is 14.1. The predicted octanol–water partition coefficient (Wildman–Crippen LogP) is 8.51. The summed E-state index contributed by atoms with van der Waals surface area (Å²) in [4.78, 5) is 17.6. The number of amides is 1. The molecule has 0 spiro atoms. The van der Waals surface area contributed by atoms with Crippen LogP contribution in [-0.4, -0.2) is 29.1 Å². The molecule has 2 heterocycles. The van der Waals surface area contributed by atoms with Crippen LogP contribution in [0.25, 0.3) is 11.0 Å². The SMILES string of the molecule is O=C(Nc1nn(C(c2ccccc2)(c2ccccc2)c2ccccc2)c2ncc(S(=O)(=O)c3cccc(F)c3)cc12)c1cccc(C(F)(F)F)c1. The third-order valence-electron chi connectivity index (χ3n) is 8.49. The molecule has 7 aromatic rings. The fraction of sp³-hybridized carbons (Fsp3) is 0.0513. The Morgan fingerprint density at radius 2 is 1.20 bits per heavy atom. The Morgan fingerprint density at radius 3 is 1.75 bits per heavy atom. The molecular weight excluding hydrogens is 681 g/mol. The number of aromatic nitrogens is 3. The van der Waals surface area contributed by atoms with E-state index in [4.69, 9.17) is 5.10 Å². The van der Waals surface area contributed by atoms with Crippen LogP contribution in [0, 0.1) is 5.82 Å². The maximum absolute atomic E-state index is 14.1. The number of rotatable bonds is 8. The minimum absolute atomic E-state index is 0.0694. The third-order valence-corrected chi connectivity index (χ3v) is 10.2. The Bertz CT molecular complexity index is 2390. The number of alkyl halides is 3. The van der Waals surface area contributed by atoms with Crippen molar-refractivity contribution in [3.63, 3.8) is 0 Å². The van der Waals surface area contributed by atoms with Crippen molar-refractivity contribution in [2.24, 2.45) is 0 Å². The van der Waals surface area contributed by atoms with Crippen LogP contribution in [0.15, 0.2) is 162 Å². The van der Waals surface area contributed by atoms with Crippen molar-refractivity contribution in [1.29, 1.82) is 0 Å². The molecule has 254 valence electrons. The molecule has 7 nitrogen and oxygen atoms in total. The lowest BCUT2D eigenvalue weighted by molar-refractivity contribution is -0.137. The number of pyridine rings is 1. The third kappa shape index (κ3) is 6.03. The van der Waals surface area contributed by atoms with E-state index in [1.807, 2.05) is 91.0 Å². The van der Waals surface area contributed by atoms with Gasteiger partial charge < -0.3 is 5.32 Å². The van der Waals surface area contributed by atoms with Crippen LogP contribution < -0.4 is 5.32 Å². The number of hydrogen-bond acceptors (Lipinski definition) is 5. The Balaban J connectivity index is 1.52. The lowest BCUT2D eigenvalue weighted by Gasteiger charge is -2.36. The molecule has 0 radical (unpaired) electrons. The molecule has 2 aromatic heterocycles. The Kier molecular flexibility index (Phi) is 8.47. The van der Waals surface area contributed by atoms with E-state index in [9.17, 15) is 30.8 Å². The van der Waals surface area contributed by atoms with Crippen molar-refractivity contribution < 1.29 is 30.8 Å². The summed E-state index contributed by atoms with van der Waals surface area (Å²) < 4.78 is 83.9. The van der Waals surface area contributed by atoms with Gasteiger partial charge in [0.25, 0.3) is 5.91 Å². The van der Waals surface area contributed by atoms with Crippen molar-refractivity contribution in [1.82, 2.24) is 14.8 Å². The largest absolute Gasteiger partial charge is 0.416 e. The molecule has 0 unspecified atom stereocenters. The van der Waals surface area contributed by atoms with Crippen molar-refractivity contribution >= 4 is 32.6 Å². The lowest BCUT2D eigenvalue weighted by Crippen LogP contribution is -2.38. The molecule has 0 aliphatic heterocycles. The minimum Gasteiger partial charge on any atom is -0.304 e. The summed E-state index contributed by atoms with van der Waals surface area (Å²) in [6, 6.07) is 37.8. The Morgan fingerprint density at radius 1 is 0.647 bits per heavy atom. The summed E-state index contributed by atoms with van der Waals surface area (Å²) in [5, 5.41) is 7.57. The van der Waals surface area contributed by atoms with Gasteiger partial charge in [-0.3, -0.25) is 4.79 Å². The first-order valence-corrected chi connectivity index (χ1v) is 17.0. The van der Waals surface area contributed by atoms with Gasteiger partial charge in [-0.1, -0.05) is 103 Å². The van der Waals surface area contributed by atoms with E-state index in [2.05, 4.69) is 10.3 Å². The number of carbonyl (C=O) groups is 1. The number of nitrogens with zero attached hydrogens (tertiary/aromatic N) is 3. The second-order valence-electron chi connectivity index (χ2n) is 11.6. The summed E-state index contributed by atoms with van der Waals surface area (Å²) in [7, 11) is -4.33. The van der Waals surface area contributed by atoms with Crippen LogP contribution >= 0.6 is 0 Å². The van der Waals surface area contributed by atoms with Crippen molar-refractivity contribution in [2.75, 3.05) is 5.32 Å². The first kappa shape index (κ1) is 33.4. The minimum atomic E-state index is -4.70. The molecular formula is C39H26F4N4O3S. The Labute approximate surface area is 289 Å². The second-order valence-corrected chi connectivity index (χ2v) is 13.6. The normalized spacial score (nSPS) is 12.2. The number of sulfone groups is 1. The van der Waals surface area contributed by atoms with Gasteiger partial charge in [0.05, 0.1) is 20.7 Å². The average Bonchev–Trinajstić information content (AvgIpc) is 3.50. The van der Waals surface area contributed by atoms with E-state index >= 15 is 0 Å². The number of halogens is 4. The first-order chi connectivity index (χ1) is 24.5. The van der Waals surface area contributed by atoms with Crippen molar-refractivity contribution in [3.8, 4) is 0 Å². The van der Waals surface area contributed by atoms with E-state index in [0.717, 1.165) is 53.2 Å². The number of fused-ring (bicyclic) bond motifs is 1. The zero-order valence-electron chi connectivity index (χ0n) is 26.4. The predicted molar refractivity (Wildman–Crippen MR) is 183 cm³/mol. The number of hydrogen-bond donors (Lipinski definition) is 1. The fourth-order valence-corrected chi connectivity index (χ4v) is 7.41. The molecule has 12 heteroatoms. The van der Waals surface area contributed by atoms with E-state index in [-0.39, 0.29) is 32.2 Å². The van der Waals surface area contributed by atoms with Crippen LogP contribution in [0.3, 0.4) is 0 Å². The van der Waals surface area contributed by atoms with E-state index in [1.54, 1.807) is 4.68 Å². The van der Waals surface area contributed by atoms with Crippen LogP contribution in [0.2, 0.25) is 0 Å². The summed E-state index contributed by atoms with van der Waals surface area (Å²) in [6.45, 7) is 0. The standard InChI is InChI=1S/C39H26F4N4O3S/c40-31-20-11-21-32(23-31)51(49,50)33-24-34-35(45-37(48)26-12-10-19-30(22-26)39(41,42)43)46-47(36(34)44-25-33)38(27-13-4-1-5-14-27,28-15-6-2-7-16-28)29-17-8-3-9-18-29/h1-25H,(H,45,46,48). The highest BCUT2D eigenvalue weighted by molar-refractivity contribution is 7.91. The molecule has 7 rings (SSSR count). The average molecular weight is 707 g/mol. The topological polar surface area (TPSA) is 93.9 Å². The van der Waals surface area contributed by atoms with Crippen LogP contribution in [0.4, 0.5) is 23.4 Å². The molecule has 5 aromatic carbocycles. The highest BCUT2D eigenvalue weighted by atomic mass is 32.2. The van der Waals surface area contributed by atoms with E-state index < -0.39 is 38.8 Å². The smallest absolute Gasteiger partial charge is 0.304 e. The molecule has 0 bridgehead atoms. The number of nitrogens with one attached hydrogen (secondary N) is 1. The Hall–Kier alpha value is -6.14. The summed E-state index contributed by atoms with van der Waals surface area (Å²) in [5.41, 5.74) is -0.236. The zero-order valence-corrected chi connectivity index (χ0v) is 27.2. The van der Waals surface area contributed by atoms with Gasteiger partial charge in [-0.2, -0.15) is 18.3 Å². The summed E-state index contributed by atoms with van der Waals surface area (Å²) in [5.74, 6) is -1.84. The van der Waals surface area contributed by atoms with Gasteiger partial charge in [-0.05, 0) is 59.2 Å². The zero-order chi connectivity index (χ0) is 35.8. The first-order valence-electron chi connectivity index (χ1n) is 15.5. The molecule has 0 aliphatic carbocycles. The van der Waals surface area contributed by atoms with Gasteiger partial charge in [-0.25, -0.2) is 22.5 Å². The van der Waals surface area contributed by atoms with Crippen molar-refractivity contribution in [3.05, 3.63) is 185 Å². The van der Waals surface area contributed by atoms with E-state index in [1.165, 1.54) is 24.3 Å². The molecule has 51 heavy (non-hydrogen) atoms. The molecule has 0 aliphatic rings. The van der Waals surface area contributed by atoms with Gasteiger partial charge in [-0.15, -0.1) is 0 Å². The lowest BCUT2D eigenvalue weighted by atomic mass is 9.77. The van der Waals surface area contributed by atoms with Gasteiger partial charge in [0.2, 0.25) is 9.84 Å².